The Bertz CT molecular complexity index is 2220. The van der Waals surface area contributed by atoms with Gasteiger partial charge in [0.2, 0.25) is 0 Å². The molecule has 0 saturated carbocycles. The number of hydrogen-bond donors (Lipinski definition) is 1. The predicted molar refractivity (Wildman–Crippen MR) is 389 cm³/mol. The number of phosphoric ester groups is 1. The summed E-state index contributed by atoms with van der Waals surface area (Å²) in [7, 11) is 1.43. The summed E-state index contributed by atoms with van der Waals surface area (Å²) in [6.07, 6.45) is 107. The van der Waals surface area contributed by atoms with Gasteiger partial charge in [-0.1, -0.05) is 285 Å². The summed E-state index contributed by atoms with van der Waals surface area (Å²) in [5.74, 6) is -0.849. The second-order valence-electron chi connectivity index (χ2n) is 23.8. The summed E-state index contributed by atoms with van der Waals surface area (Å²) in [5, 5.41) is 0. The number of nitrogens with zero attached hydrogens (tertiary/aromatic N) is 1. The van der Waals surface area contributed by atoms with Crippen LogP contribution in [0.2, 0.25) is 0 Å². The summed E-state index contributed by atoms with van der Waals surface area (Å²) in [4.78, 5) is 35.9. The SMILES string of the molecule is CC/C=C\C/C=C\C/C=C\C/C=C\C/C=C\C/C=C\C/C=C\C/C=C\C/C=C\CCCCCCCCCCCCCCCC(=O)OC(COC(=O)CCCCC/C=C\C/C=C\C/C=C\C/C=C\C/C=C\C/C=C\C/C=C\CC)COP(=O)(O)OCC[N+](C)(C)C. The first-order valence-electron chi connectivity index (χ1n) is 35.2. The second kappa shape index (κ2) is 68.2. The Hall–Kier alpha value is -5.15. The number of esters is 2. The highest BCUT2D eigenvalue weighted by atomic mass is 31.2. The summed E-state index contributed by atoms with van der Waals surface area (Å²) >= 11 is 0. The molecule has 1 N–H and O–H groups in total. The van der Waals surface area contributed by atoms with Crippen LogP contribution >= 0.6 is 7.82 Å². The highest BCUT2D eigenvalue weighted by Gasteiger charge is 2.27. The first-order chi connectivity index (χ1) is 44.0. The Labute approximate surface area is 552 Å². The number of likely N-dealkylation sites (N-methyl/N-ethyl adjacent to an activating group) is 1. The molecule has 0 saturated heterocycles. The van der Waals surface area contributed by atoms with Crippen LogP contribution in [0.15, 0.2) is 194 Å². The van der Waals surface area contributed by atoms with Crippen molar-refractivity contribution in [3.63, 3.8) is 0 Å². The van der Waals surface area contributed by atoms with Gasteiger partial charge in [0.25, 0.3) is 0 Å². The third-order valence-electron chi connectivity index (χ3n) is 14.1. The average Bonchev–Trinajstić information content (AvgIpc) is 3.62. The van der Waals surface area contributed by atoms with Crippen molar-refractivity contribution < 1.29 is 42.1 Å². The molecule has 0 fully saturated rings. The molecule has 0 aliphatic heterocycles. The number of rotatable bonds is 62. The van der Waals surface area contributed by atoms with E-state index in [0.29, 0.717) is 23.9 Å². The lowest BCUT2D eigenvalue weighted by atomic mass is 10.0. The van der Waals surface area contributed by atoms with Crippen LogP contribution in [0.3, 0.4) is 0 Å². The molecule has 2 atom stereocenters. The zero-order valence-electron chi connectivity index (χ0n) is 57.5. The maximum Gasteiger partial charge on any atom is 0.472 e. The minimum absolute atomic E-state index is 0.0158. The molecular weight excluding hydrogens is 1130 g/mol. The number of carbonyl (C=O) groups is 2. The van der Waals surface area contributed by atoms with Crippen LogP contribution in [-0.4, -0.2) is 74.9 Å². The summed E-state index contributed by atoms with van der Waals surface area (Å²) in [6.45, 7) is 4.14. The molecule has 0 aliphatic carbocycles. The van der Waals surface area contributed by atoms with Crippen molar-refractivity contribution in [3.05, 3.63) is 194 Å². The van der Waals surface area contributed by atoms with E-state index < -0.39 is 32.5 Å². The Kier molecular flexibility index (Phi) is 64.3. The molecule has 0 radical (unpaired) electrons. The van der Waals surface area contributed by atoms with Crippen LogP contribution in [0.4, 0.5) is 0 Å². The molecule has 0 aliphatic rings. The zero-order valence-corrected chi connectivity index (χ0v) is 58.4. The lowest BCUT2D eigenvalue weighted by molar-refractivity contribution is -0.870. The van der Waals surface area contributed by atoms with Crippen LogP contribution in [0.5, 0.6) is 0 Å². The predicted octanol–water partition coefficient (Wildman–Crippen LogP) is 23.3. The van der Waals surface area contributed by atoms with Crippen molar-refractivity contribution >= 4 is 19.8 Å². The van der Waals surface area contributed by atoms with Crippen LogP contribution in [0, 0.1) is 0 Å². The molecule has 506 valence electrons. The van der Waals surface area contributed by atoms with E-state index in [9.17, 15) is 19.0 Å². The molecule has 10 heteroatoms. The summed E-state index contributed by atoms with van der Waals surface area (Å²) < 4.78 is 34.7. The second-order valence-corrected chi connectivity index (χ2v) is 25.3. The van der Waals surface area contributed by atoms with Gasteiger partial charge >= 0.3 is 19.8 Å². The Morgan fingerprint density at radius 3 is 0.900 bits per heavy atom. The first kappa shape index (κ1) is 84.8. The van der Waals surface area contributed by atoms with E-state index in [2.05, 4.69) is 208 Å². The van der Waals surface area contributed by atoms with Gasteiger partial charge in [0, 0.05) is 12.8 Å². The van der Waals surface area contributed by atoms with Gasteiger partial charge in [0.15, 0.2) is 6.10 Å². The molecule has 0 aromatic carbocycles. The molecule has 0 bridgehead atoms. The van der Waals surface area contributed by atoms with E-state index >= 15 is 0 Å². The molecule has 0 amide bonds. The number of allylic oxidation sites excluding steroid dienone is 32. The topological polar surface area (TPSA) is 108 Å². The lowest BCUT2D eigenvalue weighted by Crippen LogP contribution is -2.37. The summed E-state index contributed by atoms with van der Waals surface area (Å²) in [5.41, 5.74) is 0. The fourth-order valence-electron chi connectivity index (χ4n) is 8.81. The average molecular weight is 1260 g/mol. The van der Waals surface area contributed by atoms with E-state index in [1.54, 1.807) is 0 Å². The van der Waals surface area contributed by atoms with Crippen LogP contribution in [0.1, 0.15) is 245 Å². The highest BCUT2D eigenvalue weighted by molar-refractivity contribution is 7.47. The molecular formula is C80H129NO8P+. The number of quaternary nitrogens is 1. The third kappa shape index (κ3) is 71.9. The van der Waals surface area contributed by atoms with Gasteiger partial charge < -0.3 is 18.9 Å². The normalized spacial score (nSPS) is 14.3. The van der Waals surface area contributed by atoms with Crippen molar-refractivity contribution in [3.8, 4) is 0 Å². The van der Waals surface area contributed by atoms with Crippen molar-refractivity contribution in [2.45, 2.75) is 251 Å². The van der Waals surface area contributed by atoms with Gasteiger partial charge in [0.05, 0.1) is 27.7 Å². The quantitative estimate of drug-likeness (QED) is 0.0211. The monoisotopic (exact) mass is 1260 g/mol. The number of carbonyl (C=O) groups excluding carboxylic acids is 2. The van der Waals surface area contributed by atoms with Crippen molar-refractivity contribution in [1.82, 2.24) is 0 Å². The summed E-state index contributed by atoms with van der Waals surface area (Å²) in [6, 6.07) is 0. The zero-order chi connectivity index (χ0) is 65.5. The van der Waals surface area contributed by atoms with Crippen LogP contribution in [-0.2, 0) is 32.7 Å². The smallest absolute Gasteiger partial charge is 0.462 e. The van der Waals surface area contributed by atoms with E-state index in [-0.39, 0.29) is 26.1 Å². The Morgan fingerprint density at radius 1 is 0.344 bits per heavy atom. The van der Waals surface area contributed by atoms with E-state index in [0.717, 1.165) is 141 Å². The Balaban J connectivity index is 4.14. The van der Waals surface area contributed by atoms with Gasteiger partial charge in [-0.05, 0) is 141 Å². The molecule has 90 heavy (non-hydrogen) atoms. The highest BCUT2D eigenvalue weighted by Crippen LogP contribution is 2.43. The molecule has 9 nitrogen and oxygen atoms in total. The van der Waals surface area contributed by atoms with Crippen molar-refractivity contribution in [2.75, 3.05) is 47.5 Å². The molecule has 2 unspecified atom stereocenters. The molecule has 0 aromatic heterocycles. The van der Waals surface area contributed by atoms with Gasteiger partial charge in [-0.25, -0.2) is 4.57 Å². The molecule has 0 spiro atoms. The van der Waals surface area contributed by atoms with Gasteiger partial charge in [0.1, 0.15) is 19.8 Å². The van der Waals surface area contributed by atoms with Gasteiger partial charge in [-0.15, -0.1) is 0 Å². The largest absolute Gasteiger partial charge is 0.472 e. The van der Waals surface area contributed by atoms with Crippen LogP contribution < -0.4 is 0 Å². The number of hydrogen-bond acceptors (Lipinski definition) is 7. The first-order valence-corrected chi connectivity index (χ1v) is 36.7. The number of unbranched alkanes of at least 4 members (excludes halogenated alkanes) is 16. The standard InChI is InChI=1S/C80H128NO8P/c1-6-8-10-12-14-16-18-20-22-24-26-28-30-32-33-34-35-36-37-38-39-40-41-42-43-44-45-46-47-49-51-53-55-57-59-61-63-65-67-69-71-73-80(83)89-78(77-88-90(84,85)87-75-74-81(3,4)5)76-86-79(82)72-70-68-66-64-62-60-58-56-54-52-50-48-31-29-27-25-23-21-19-17-15-13-11-9-7-2/h8-11,14-17,20-23,26-29,32-33,35-36,38-39,41-42,44-45,48,50,54,56,60,62,78H,6-7,12-13,18-19,24-25,30-31,34,37,40,43,46-47,49,51-53,55,57-59,61,63-77H2,1-5H3/p+1/b10-8-,11-9-,16-14-,17-15-,22-20-,23-21-,28-26-,29-27-,33-32-,36-35-,39-38-,42-41-,45-44-,50-48-,56-54-,62-60-. The van der Waals surface area contributed by atoms with E-state index in [1.165, 1.54) is 64.2 Å². The minimum atomic E-state index is -4.41. The fourth-order valence-corrected chi connectivity index (χ4v) is 9.55. The van der Waals surface area contributed by atoms with Crippen LogP contribution in [0.25, 0.3) is 0 Å². The van der Waals surface area contributed by atoms with Gasteiger partial charge in [-0.2, -0.15) is 0 Å². The fraction of sp³-hybridized carbons (Fsp3) is 0.575. The maximum absolute atomic E-state index is 12.9. The Morgan fingerprint density at radius 2 is 0.600 bits per heavy atom. The third-order valence-corrected chi connectivity index (χ3v) is 15.1. The maximum atomic E-state index is 12.9. The van der Waals surface area contributed by atoms with E-state index in [4.69, 9.17) is 18.5 Å². The van der Waals surface area contributed by atoms with Crippen molar-refractivity contribution in [1.29, 1.82) is 0 Å². The molecule has 0 rings (SSSR count). The van der Waals surface area contributed by atoms with Crippen molar-refractivity contribution in [2.24, 2.45) is 0 Å². The number of ether oxygens (including phenoxy) is 2. The lowest BCUT2D eigenvalue weighted by Gasteiger charge is -2.24. The number of phosphoric acid groups is 1. The van der Waals surface area contributed by atoms with E-state index in [1.807, 2.05) is 21.1 Å². The minimum Gasteiger partial charge on any atom is -0.462 e. The molecule has 0 heterocycles. The molecule has 0 aromatic rings. The van der Waals surface area contributed by atoms with Gasteiger partial charge in [-0.3, -0.25) is 18.6 Å².